The Morgan fingerprint density at radius 2 is 1.18 bits per heavy atom. The van der Waals surface area contributed by atoms with Gasteiger partial charge in [-0.15, -0.1) is 0 Å². The summed E-state index contributed by atoms with van der Waals surface area (Å²) in [4.78, 5) is 0. The van der Waals surface area contributed by atoms with Crippen LogP contribution in [-0.4, -0.2) is 6.18 Å². The maximum absolute atomic E-state index is 13.8. The van der Waals surface area contributed by atoms with Crippen molar-refractivity contribution in [2.45, 2.75) is 12.4 Å². The summed E-state index contributed by atoms with van der Waals surface area (Å²) >= 11 is 0. The van der Waals surface area contributed by atoms with Gasteiger partial charge < -0.3 is 0 Å². The lowest BCUT2D eigenvalue weighted by Gasteiger charge is -2.15. The minimum absolute atomic E-state index is 0.00763. The van der Waals surface area contributed by atoms with Crippen LogP contribution in [0.1, 0.15) is 38.9 Å². The Bertz CT molecular complexity index is 2550. The van der Waals surface area contributed by atoms with Gasteiger partial charge >= 0.3 is 12.4 Å². The van der Waals surface area contributed by atoms with Gasteiger partial charge in [0.15, 0.2) is 0 Å². The SMILES string of the molecule is N#CC1=CC(C2=C(C#N)c3cc4c(cc3C2=C(C#N)C#N)C(=C(C#N)C#N)C(c2ccc(C(F)(F)F)c(C#N)c2)=C4C#N)C=CC=C1C(F)(F)F. The third-order valence-electron chi connectivity index (χ3n) is 8.16. The third-order valence-corrected chi connectivity index (χ3v) is 8.16. The summed E-state index contributed by atoms with van der Waals surface area (Å²) in [5.41, 5.74) is -6.88. The summed E-state index contributed by atoms with van der Waals surface area (Å²) < 4.78 is 82.1. The summed E-state index contributed by atoms with van der Waals surface area (Å²) in [5, 5.41) is 79.7. The quantitative estimate of drug-likeness (QED) is 0.225. The number of halogens is 6. The Kier molecular flexibility index (Phi) is 8.53. The number of nitrogens with zero attached hydrogens (tertiary/aromatic N) is 8. The maximum Gasteiger partial charge on any atom is 0.417 e. The smallest absolute Gasteiger partial charge is 0.192 e. The molecule has 3 aliphatic carbocycles. The summed E-state index contributed by atoms with van der Waals surface area (Å²) in [6.45, 7) is 0. The first kappa shape index (κ1) is 34.5. The van der Waals surface area contributed by atoms with E-state index in [4.69, 9.17) is 0 Å². The zero-order valence-electron chi connectivity index (χ0n) is 25.1. The van der Waals surface area contributed by atoms with Gasteiger partial charge in [0, 0.05) is 33.8 Å². The molecular formula is C37H10F6N8. The summed E-state index contributed by atoms with van der Waals surface area (Å²) in [7, 11) is 0. The average molecular weight is 681 g/mol. The van der Waals surface area contributed by atoms with Crippen LogP contribution in [0.2, 0.25) is 0 Å². The van der Waals surface area contributed by atoms with Gasteiger partial charge in [0.25, 0.3) is 0 Å². The Hall–Kier alpha value is -7.88. The molecule has 0 bridgehead atoms. The Morgan fingerprint density at radius 3 is 1.71 bits per heavy atom. The van der Waals surface area contributed by atoms with Gasteiger partial charge in [0.1, 0.15) is 47.6 Å². The third kappa shape index (κ3) is 5.49. The highest BCUT2D eigenvalue weighted by Crippen LogP contribution is 2.54. The highest BCUT2D eigenvalue weighted by Gasteiger charge is 2.41. The number of fused-ring (bicyclic) bond motifs is 2. The van der Waals surface area contributed by atoms with Crippen molar-refractivity contribution < 1.29 is 26.3 Å². The molecule has 2 aromatic carbocycles. The fourth-order valence-electron chi connectivity index (χ4n) is 6.15. The first-order valence-electron chi connectivity index (χ1n) is 14.0. The molecule has 1 unspecified atom stereocenters. The molecule has 240 valence electrons. The van der Waals surface area contributed by atoms with E-state index in [0.717, 1.165) is 24.3 Å². The Morgan fingerprint density at radius 1 is 0.608 bits per heavy atom. The fourth-order valence-corrected chi connectivity index (χ4v) is 6.15. The number of hydrogen-bond donors (Lipinski definition) is 0. The zero-order chi connectivity index (χ0) is 37.4. The van der Waals surface area contributed by atoms with Crippen LogP contribution in [0.4, 0.5) is 26.3 Å². The Balaban J connectivity index is 1.89. The molecule has 5 rings (SSSR count). The molecule has 51 heavy (non-hydrogen) atoms. The molecule has 0 saturated carbocycles. The molecule has 2 aromatic rings. The molecule has 1 atom stereocenters. The highest BCUT2D eigenvalue weighted by atomic mass is 19.4. The van der Waals surface area contributed by atoms with E-state index in [2.05, 4.69) is 0 Å². The molecule has 0 N–H and O–H groups in total. The van der Waals surface area contributed by atoms with E-state index in [1.165, 1.54) is 30.3 Å². The number of nitriles is 8. The van der Waals surface area contributed by atoms with E-state index in [9.17, 15) is 68.4 Å². The van der Waals surface area contributed by atoms with Crippen LogP contribution in [0.5, 0.6) is 0 Å². The van der Waals surface area contributed by atoms with Crippen molar-refractivity contribution in [1.29, 1.82) is 42.1 Å². The normalized spacial score (nSPS) is 16.0. The molecule has 0 radical (unpaired) electrons. The van der Waals surface area contributed by atoms with Crippen LogP contribution < -0.4 is 0 Å². The number of alkyl halides is 6. The van der Waals surface area contributed by atoms with Crippen molar-refractivity contribution in [1.82, 2.24) is 0 Å². The Labute approximate surface area is 284 Å². The van der Waals surface area contributed by atoms with Crippen LogP contribution in [-0.2, 0) is 6.18 Å². The molecule has 0 aromatic heterocycles. The molecule has 8 nitrogen and oxygen atoms in total. The fraction of sp³-hybridized carbons (Fsp3) is 0.0811. The highest BCUT2D eigenvalue weighted by molar-refractivity contribution is 6.26. The van der Waals surface area contributed by atoms with Crippen molar-refractivity contribution in [2.24, 2.45) is 5.92 Å². The zero-order valence-corrected chi connectivity index (χ0v) is 25.1. The minimum Gasteiger partial charge on any atom is -0.192 e. The molecular weight excluding hydrogens is 670 g/mol. The molecule has 0 aliphatic heterocycles. The molecule has 0 heterocycles. The number of rotatable bonds is 2. The molecule has 0 amide bonds. The van der Waals surface area contributed by atoms with Gasteiger partial charge in [-0.2, -0.15) is 68.4 Å². The van der Waals surface area contributed by atoms with E-state index >= 15 is 0 Å². The minimum atomic E-state index is -4.93. The summed E-state index contributed by atoms with van der Waals surface area (Å²) in [6, 6.07) is 18.5. The van der Waals surface area contributed by atoms with E-state index in [0.29, 0.717) is 12.1 Å². The second-order valence-electron chi connectivity index (χ2n) is 10.7. The van der Waals surface area contributed by atoms with Crippen molar-refractivity contribution in [2.75, 3.05) is 0 Å². The lowest BCUT2D eigenvalue weighted by atomic mass is 9.86. The van der Waals surface area contributed by atoms with E-state index in [1.54, 1.807) is 24.3 Å². The van der Waals surface area contributed by atoms with Crippen LogP contribution in [0.3, 0.4) is 0 Å². The van der Waals surface area contributed by atoms with Crippen LogP contribution in [0.25, 0.3) is 27.9 Å². The predicted octanol–water partition coefficient (Wildman–Crippen LogP) is 8.04. The van der Waals surface area contributed by atoms with Gasteiger partial charge in [0.2, 0.25) is 0 Å². The first-order valence-corrected chi connectivity index (χ1v) is 14.0. The van der Waals surface area contributed by atoms with Crippen molar-refractivity contribution in [3.8, 4) is 48.6 Å². The van der Waals surface area contributed by atoms with E-state index < -0.39 is 51.7 Å². The first-order chi connectivity index (χ1) is 24.2. The topological polar surface area (TPSA) is 190 Å². The van der Waals surface area contributed by atoms with Gasteiger partial charge in [-0.05, 0) is 52.6 Å². The molecule has 0 fully saturated rings. The number of hydrogen-bond acceptors (Lipinski definition) is 8. The summed E-state index contributed by atoms with van der Waals surface area (Å²) in [5.74, 6) is -1.28. The number of allylic oxidation sites excluding steroid dienone is 14. The van der Waals surface area contributed by atoms with Gasteiger partial charge in [-0.1, -0.05) is 24.3 Å². The summed E-state index contributed by atoms with van der Waals surface area (Å²) in [6.07, 6.45) is -6.05. The number of benzene rings is 2. The maximum atomic E-state index is 13.8. The second-order valence-corrected chi connectivity index (χ2v) is 10.7. The van der Waals surface area contributed by atoms with Crippen molar-refractivity contribution >= 4 is 27.9 Å². The van der Waals surface area contributed by atoms with Crippen molar-refractivity contribution in [3.63, 3.8) is 0 Å². The van der Waals surface area contributed by atoms with Gasteiger partial charge in [0.05, 0.1) is 45.6 Å². The van der Waals surface area contributed by atoms with Gasteiger partial charge in [-0.25, -0.2) is 0 Å². The van der Waals surface area contributed by atoms with Crippen LogP contribution in [0, 0.1) is 96.6 Å². The van der Waals surface area contributed by atoms with Crippen molar-refractivity contribution in [3.05, 3.63) is 121 Å². The predicted molar refractivity (Wildman–Crippen MR) is 164 cm³/mol. The van der Waals surface area contributed by atoms with Crippen LogP contribution >= 0.6 is 0 Å². The average Bonchev–Trinajstić information content (AvgIpc) is 3.47. The van der Waals surface area contributed by atoms with E-state index in [1.807, 2.05) is 12.1 Å². The van der Waals surface area contributed by atoms with Gasteiger partial charge in [-0.3, -0.25) is 0 Å². The second kappa shape index (κ2) is 12.6. The standard InChI is InChI=1S/C37H10F6N8/c38-36(39,40)30-3-1-2-18(6-20(30)10-44)32-28(16-50)24-8-25-27(9-26(24)34(32)22(12-46)13-47)35(23(14-48)15-49)33(29(25)17-51)19-4-5-31(37(41,42)43)21(7-19)11-45/h1-9,18H. The monoisotopic (exact) mass is 680 g/mol. The largest absolute Gasteiger partial charge is 0.417 e. The molecule has 0 saturated heterocycles. The lowest BCUT2D eigenvalue weighted by Crippen LogP contribution is -2.13. The van der Waals surface area contributed by atoms with Crippen LogP contribution in [0.15, 0.2) is 82.5 Å². The lowest BCUT2D eigenvalue weighted by molar-refractivity contribution is -0.137. The molecule has 3 aliphatic rings. The molecule has 0 spiro atoms. The van der Waals surface area contributed by atoms with E-state index in [-0.39, 0.29) is 61.3 Å². The molecule has 14 heteroatoms.